The average Bonchev–Trinajstić information content (AvgIpc) is 2.50. The third-order valence-electron chi connectivity index (χ3n) is 3.64. The molecule has 2 rings (SSSR count). The van der Waals surface area contributed by atoms with Crippen LogP contribution in [0, 0.1) is 17.5 Å². The fourth-order valence-corrected chi connectivity index (χ4v) is 2.21. The largest absolute Gasteiger partial charge is 0.496 e. The van der Waals surface area contributed by atoms with E-state index in [0.29, 0.717) is 0 Å². The maximum atomic E-state index is 13.5. The molecule has 0 atom stereocenters. The molecule has 0 amide bonds. The highest BCUT2D eigenvalue weighted by Crippen LogP contribution is 2.37. The molecule has 1 aromatic rings. The summed E-state index contributed by atoms with van der Waals surface area (Å²) in [5.41, 5.74) is -1.19. The molecule has 1 fully saturated rings. The van der Waals surface area contributed by atoms with Crippen molar-refractivity contribution in [2.45, 2.75) is 38.9 Å². The fraction of sp³-hybridized carbons (Fsp3) is 0.500. The molecular formula is C12H13BBrF3O2. The topological polar surface area (TPSA) is 18.5 Å². The summed E-state index contributed by atoms with van der Waals surface area (Å²) < 4.78 is 51.1. The van der Waals surface area contributed by atoms with E-state index in [-0.39, 0.29) is 9.94 Å². The Morgan fingerprint density at radius 3 is 1.95 bits per heavy atom. The molecule has 0 unspecified atom stereocenters. The molecule has 0 saturated carbocycles. The van der Waals surface area contributed by atoms with E-state index >= 15 is 0 Å². The Hall–Kier alpha value is -0.525. The minimum absolute atomic E-state index is 0.0926. The predicted octanol–water partition coefficient (Wildman–Crippen LogP) is 3.17. The Morgan fingerprint density at radius 2 is 1.47 bits per heavy atom. The second kappa shape index (κ2) is 4.50. The number of hydrogen-bond donors (Lipinski definition) is 0. The first-order chi connectivity index (χ1) is 8.57. The highest BCUT2D eigenvalue weighted by molar-refractivity contribution is 9.10. The van der Waals surface area contributed by atoms with Crippen LogP contribution < -0.4 is 5.46 Å². The van der Waals surface area contributed by atoms with E-state index in [2.05, 4.69) is 15.9 Å². The van der Waals surface area contributed by atoms with Crippen LogP contribution in [0.15, 0.2) is 10.5 Å². The maximum Gasteiger partial charge on any atom is 0.496 e. The van der Waals surface area contributed by atoms with Crippen molar-refractivity contribution in [3.05, 3.63) is 28.0 Å². The Morgan fingerprint density at radius 1 is 1.00 bits per heavy atom. The smallest absolute Gasteiger partial charge is 0.399 e. The Kier molecular flexibility index (Phi) is 3.52. The van der Waals surface area contributed by atoms with Crippen LogP contribution in [0.5, 0.6) is 0 Å². The molecule has 1 heterocycles. The Balaban J connectivity index is 2.46. The van der Waals surface area contributed by atoms with Gasteiger partial charge in [0.05, 0.1) is 15.7 Å². The third-order valence-corrected chi connectivity index (χ3v) is 4.44. The molecule has 7 heteroatoms. The first-order valence-electron chi connectivity index (χ1n) is 5.75. The van der Waals surface area contributed by atoms with Gasteiger partial charge in [-0.2, -0.15) is 0 Å². The van der Waals surface area contributed by atoms with Gasteiger partial charge in [0.1, 0.15) is 0 Å². The summed E-state index contributed by atoms with van der Waals surface area (Å²) in [7, 11) is -0.955. The summed E-state index contributed by atoms with van der Waals surface area (Å²) in [6.45, 7) is 7.27. The minimum Gasteiger partial charge on any atom is -0.399 e. The van der Waals surface area contributed by atoms with Crippen LogP contribution in [0.25, 0.3) is 0 Å². The first kappa shape index (κ1) is 14.9. The Bertz CT molecular complexity index is 518. The van der Waals surface area contributed by atoms with Gasteiger partial charge in [-0.25, -0.2) is 13.2 Å². The number of rotatable bonds is 1. The summed E-state index contributed by atoms with van der Waals surface area (Å²) in [5, 5.41) is 0. The van der Waals surface area contributed by atoms with Crippen LogP contribution in [0.3, 0.4) is 0 Å². The number of hydrogen-bond acceptors (Lipinski definition) is 2. The van der Waals surface area contributed by atoms with Crippen molar-refractivity contribution >= 4 is 28.5 Å². The number of benzene rings is 1. The van der Waals surface area contributed by atoms with Crippen molar-refractivity contribution in [3.8, 4) is 0 Å². The lowest BCUT2D eigenvalue weighted by Crippen LogP contribution is -2.41. The van der Waals surface area contributed by atoms with Crippen LogP contribution >= 0.6 is 15.9 Å². The van der Waals surface area contributed by atoms with Gasteiger partial charge in [-0.15, -0.1) is 0 Å². The van der Waals surface area contributed by atoms with E-state index in [1.807, 2.05) is 27.7 Å². The molecule has 0 N–H and O–H groups in total. The van der Waals surface area contributed by atoms with Gasteiger partial charge in [0.2, 0.25) is 0 Å². The van der Waals surface area contributed by atoms with Crippen LogP contribution in [0.2, 0.25) is 0 Å². The van der Waals surface area contributed by atoms with E-state index in [4.69, 9.17) is 9.31 Å². The molecule has 0 aliphatic carbocycles. The zero-order valence-corrected chi connectivity index (χ0v) is 12.6. The van der Waals surface area contributed by atoms with Crippen molar-refractivity contribution in [2.24, 2.45) is 0 Å². The van der Waals surface area contributed by atoms with Gasteiger partial charge in [-0.1, -0.05) is 0 Å². The summed E-state index contributed by atoms with van der Waals surface area (Å²) in [5.74, 6) is -4.08. The monoisotopic (exact) mass is 336 g/mol. The van der Waals surface area contributed by atoms with Crippen molar-refractivity contribution < 1.29 is 22.5 Å². The zero-order chi connectivity index (χ0) is 14.6. The lowest BCUT2D eigenvalue weighted by atomic mass is 9.79. The summed E-state index contributed by atoms with van der Waals surface area (Å²) in [6.07, 6.45) is 0. The van der Waals surface area contributed by atoms with Gasteiger partial charge < -0.3 is 9.31 Å². The van der Waals surface area contributed by atoms with Crippen LogP contribution in [0.1, 0.15) is 27.7 Å². The second-order valence-corrected chi connectivity index (χ2v) is 6.27. The molecule has 2 nitrogen and oxygen atoms in total. The molecule has 1 aliphatic rings. The second-order valence-electron chi connectivity index (χ2n) is 5.48. The van der Waals surface area contributed by atoms with Gasteiger partial charge in [-0.3, -0.25) is 0 Å². The van der Waals surface area contributed by atoms with Crippen molar-refractivity contribution in [3.63, 3.8) is 0 Å². The van der Waals surface area contributed by atoms with Crippen LogP contribution in [0.4, 0.5) is 13.2 Å². The van der Waals surface area contributed by atoms with E-state index in [1.165, 1.54) is 0 Å². The lowest BCUT2D eigenvalue weighted by molar-refractivity contribution is 0.00578. The van der Waals surface area contributed by atoms with Crippen LogP contribution in [-0.4, -0.2) is 18.3 Å². The number of halogens is 4. The van der Waals surface area contributed by atoms with E-state index in [9.17, 15) is 13.2 Å². The first-order valence-corrected chi connectivity index (χ1v) is 6.54. The third kappa shape index (κ3) is 2.32. The molecule has 104 valence electrons. The molecule has 0 bridgehead atoms. The van der Waals surface area contributed by atoms with Gasteiger partial charge in [0, 0.05) is 5.46 Å². The van der Waals surface area contributed by atoms with E-state index < -0.39 is 35.8 Å². The van der Waals surface area contributed by atoms with Gasteiger partial charge in [0.25, 0.3) is 0 Å². The SMILES string of the molecule is CC1(C)OB(c2cc(F)c(F)c(F)c2Br)OC1(C)C. The zero-order valence-electron chi connectivity index (χ0n) is 11.0. The lowest BCUT2D eigenvalue weighted by Gasteiger charge is -2.32. The van der Waals surface area contributed by atoms with Crippen molar-refractivity contribution in [1.82, 2.24) is 0 Å². The quantitative estimate of drug-likeness (QED) is 0.445. The normalized spacial score (nSPS) is 20.9. The Labute approximate surface area is 118 Å². The molecule has 0 radical (unpaired) electrons. The highest BCUT2D eigenvalue weighted by Gasteiger charge is 2.52. The highest BCUT2D eigenvalue weighted by atomic mass is 79.9. The van der Waals surface area contributed by atoms with Crippen molar-refractivity contribution in [1.29, 1.82) is 0 Å². The minimum atomic E-state index is -1.52. The summed E-state index contributed by atoms with van der Waals surface area (Å²) >= 11 is 2.91. The van der Waals surface area contributed by atoms with Crippen LogP contribution in [-0.2, 0) is 9.31 Å². The predicted molar refractivity (Wildman–Crippen MR) is 69.7 cm³/mol. The molecule has 1 aromatic carbocycles. The fourth-order valence-electron chi connectivity index (χ4n) is 1.73. The maximum absolute atomic E-state index is 13.5. The standard InChI is InChI=1S/C12H13BBrF3O2/c1-11(2)12(3,4)19-13(18-11)6-5-7(15)9(16)10(17)8(6)14/h5H,1-4H3. The van der Waals surface area contributed by atoms with Gasteiger partial charge >= 0.3 is 7.12 Å². The molecule has 1 saturated heterocycles. The van der Waals surface area contributed by atoms with E-state index in [0.717, 1.165) is 6.07 Å². The molecule has 1 aliphatic heterocycles. The van der Waals surface area contributed by atoms with Gasteiger partial charge in [-0.05, 0) is 49.7 Å². The summed E-state index contributed by atoms with van der Waals surface area (Å²) in [4.78, 5) is 0. The van der Waals surface area contributed by atoms with Gasteiger partial charge in [0.15, 0.2) is 17.5 Å². The van der Waals surface area contributed by atoms with E-state index in [1.54, 1.807) is 0 Å². The molecular weight excluding hydrogens is 324 g/mol. The molecule has 0 spiro atoms. The molecule has 19 heavy (non-hydrogen) atoms. The summed E-state index contributed by atoms with van der Waals surface area (Å²) in [6, 6.07) is 0.880. The average molecular weight is 337 g/mol. The molecule has 0 aromatic heterocycles. The van der Waals surface area contributed by atoms with Crippen molar-refractivity contribution in [2.75, 3.05) is 0 Å².